The van der Waals surface area contributed by atoms with E-state index in [-0.39, 0.29) is 17.8 Å². The van der Waals surface area contributed by atoms with E-state index in [9.17, 15) is 14.0 Å². The molecule has 2 aliphatic rings. The first kappa shape index (κ1) is 23.6. The molecule has 186 valence electrons. The Labute approximate surface area is 207 Å². The van der Waals surface area contributed by atoms with E-state index in [4.69, 9.17) is 15.6 Å². The van der Waals surface area contributed by atoms with Crippen molar-refractivity contribution in [3.63, 3.8) is 0 Å². The largest absolute Gasteiger partial charge is 0.457 e. The number of anilines is 1. The highest BCUT2D eigenvalue weighted by Gasteiger charge is 2.35. The Morgan fingerprint density at radius 1 is 1.06 bits per heavy atom. The topological polar surface area (TPSA) is 106 Å². The molecule has 10 heteroatoms. The van der Waals surface area contributed by atoms with Gasteiger partial charge in [0.2, 0.25) is 5.91 Å². The number of nitrogens with one attached hydrogen (secondary N) is 1. The first-order valence-electron chi connectivity index (χ1n) is 11.8. The highest BCUT2D eigenvalue weighted by Crippen LogP contribution is 2.37. The molecule has 0 spiro atoms. The highest BCUT2D eigenvalue weighted by molar-refractivity contribution is 5.98. The summed E-state index contributed by atoms with van der Waals surface area (Å²) in [5, 5.41) is 8.14. The first-order valence-corrected chi connectivity index (χ1v) is 11.8. The summed E-state index contributed by atoms with van der Waals surface area (Å²) in [7, 11) is 0. The molecule has 0 bridgehead atoms. The number of rotatable bonds is 6. The van der Waals surface area contributed by atoms with Crippen LogP contribution in [0, 0.1) is 5.82 Å². The Morgan fingerprint density at radius 3 is 2.31 bits per heavy atom. The second-order valence-corrected chi connectivity index (χ2v) is 8.73. The van der Waals surface area contributed by atoms with Gasteiger partial charge in [-0.05, 0) is 61.0 Å². The molecule has 2 amide bonds. The summed E-state index contributed by atoms with van der Waals surface area (Å²) in [6.07, 6.45) is 2.16. The van der Waals surface area contributed by atoms with E-state index in [1.54, 1.807) is 46.0 Å². The molecule has 0 radical (unpaired) electrons. The zero-order valence-corrected chi connectivity index (χ0v) is 19.7. The Kier molecular flexibility index (Phi) is 6.43. The van der Waals surface area contributed by atoms with E-state index in [2.05, 4.69) is 16.8 Å². The number of ether oxygens (including phenoxy) is 1. The molecule has 1 fully saturated rings. The van der Waals surface area contributed by atoms with E-state index in [0.29, 0.717) is 61.3 Å². The second kappa shape index (κ2) is 9.82. The van der Waals surface area contributed by atoms with Crippen molar-refractivity contribution in [3.05, 3.63) is 78.4 Å². The molecular formula is C26H27FN6O3. The predicted molar refractivity (Wildman–Crippen MR) is 133 cm³/mol. The monoisotopic (exact) mass is 490 g/mol. The van der Waals surface area contributed by atoms with Gasteiger partial charge in [0.1, 0.15) is 23.0 Å². The van der Waals surface area contributed by atoms with Gasteiger partial charge in [0.05, 0.1) is 17.4 Å². The third-order valence-corrected chi connectivity index (χ3v) is 6.55. The van der Waals surface area contributed by atoms with Crippen LogP contribution in [0.15, 0.2) is 61.2 Å². The van der Waals surface area contributed by atoms with E-state index in [1.807, 2.05) is 0 Å². The average Bonchev–Trinajstić information content (AvgIpc) is 3.30. The summed E-state index contributed by atoms with van der Waals surface area (Å²) in [6, 6.07) is 12.9. The van der Waals surface area contributed by atoms with Crippen LogP contribution in [0.5, 0.6) is 11.5 Å². The van der Waals surface area contributed by atoms with E-state index in [1.165, 1.54) is 18.2 Å². The van der Waals surface area contributed by atoms with Gasteiger partial charge in [0.25, 0.3) is 5.91 Å². The lowest BCUT2D eigenvalue weighted by atomic mass is 10.0. The summed E-state index contributed by atoms with van der Waals surface area (Å²) in [5.74, 6) is 0.0976. The average molecular weight is 491 g/mol. The minimum Gasteiger partial charge on any atom is -0.457 e. The molecular weight excluding hydrogens is 463 g/mol. The number of fused-ring (bicyclic) bond motifs is 1. The van der Waals surface area contributed by atoms with E-state index < -0.39 is 5.91 Å². The number of halogens is 1. The number of amides is 2. The fourth-order valence-electron chi connectivity index (χ4n) is 4.76. The van der Waals surface area contributed by atoms with Crippen molar-refractivity contribution in [2.24, 2.45) is 5.73 Å². The second-order valence-electron chi connectivity index (χ2n) is 8.73. The molecule has 1 unspecified atom stereocenters. The summed E-state index contributed by atoms with van der Waals surface area (Å²) in [6.45, 7) is 6.89. The van der Waals surface area contributed by atoms with Crippen LogP contribution in [0.25, 0.3) is 5.69 Å². The molecule has 9 nitrogen and oxygen atoms in total. The standard InChI is InChI=1S/C26H27FN6O3/c1-2-22(34)32-15-13-31(14-16-32)21-11-12-29-24-23(21)30-33(25(24)26(28)35)18-5-9-20(10-6-18)36-19-7-3-17(27)4-8-19/h2-10,21,29H,1,11-16H2,(H2,28,35). The molecule has 3 aromatic rings. The minimum absolute atomic E-state index is 0.00247. The molecule has 0 saturated carbocycles. The van der Waals surface area contributed by atoms with Gasteiger partial charge in [-0.3, -0.25) is 14.5 Å². The fourth-order valence-corrected chi connectivity index (χ4v) is 4.76. The lowest BCUT2D eigenvalue weighted by molar-refractivity contribution is -0.128. The Morgan fingerprint density at radius 2 is 1.69 bits per heavy atom. The van der Waals surface area contributed by atoms with Crippen LogP contribution in [-0.2, 0) is 4.79 Å². The van der Waals surface area contributed by atoms with Gasteiger partial charge in [-0.1, -0.05) is 6.58 Å². The van der Waals surface area contributed by atoms with Gasteiger partial charge in [0, 0.05) is 32.7 Å². The number of hydrogen-bond acceptors (Lipinski definition) is 6. The molecule has 1 atom stereocenters. The number of piperazine rings is 1. The maximum absolute atomic E-state index is 13.1. The van der Waals surface area contributed by atoms with Crippen molar-refractivity contribution in [2.75, 3.05) is 38.0 Å². The quantitative estimate of drug-likeness (QED) is 0.515. The number of benzene rings is 2. The number of primary amides is 1. The molecule has 1 saturated heterocycles. The molecule has 3 heterocycles. The van der Waals surface area contributed by atoms with Gasteiger partial charge in [-0.2, -0.15) is 5.10 Å². The van der Waals surface area contributed by atoms with Crippen molar-refractivity contribution < 1.29 is 18.7 Å². The normalized spacial score (nSPS) is 17.7. The molecule has 0 aliphatic carbocycles. The summed E-state index contributed by atoms with van der Waals surface area (Å²) < 4.78 is 20.5. The van der Waals surface area contributed by atoms with Gasteiger partial charge >= 0.3 is 0 Å². The lowest BCUT2D eigenvalue weighted by Gasteiger charge is -2.40. The molecule has 5 rings (SSSR count). The lowest BCUT2D eigenvalue weighted by Crippen LogP contribution is -2.50. The third kappa shape index (κ3) is 4.55. The first-order chi connectivity index (χ1) is 17.4. The molecule has 36 heavy (non-hydrogen) atoms. The molecule has 2 aromatic carbocycles. The summed E-state index contributed by atoms with van der Waals surface area (Å²) in [5.41, 5.74) is 8.16. The predicted octanol–water partition coefficient (Wildman–Crippen LogP) is 3.09. The van der Waals surface area contributed by atoms with E-state index in [0.717, 1.165) is 12.1 Å². The van der Waals surface area contributed by atoms with E-state index >= 15 is 0 Å². The summed E-state index contributed by atoms with van der Waals surface area (Å²) in [4.78, 5) is 28.5. The number of nitrogens with two attached hydrogens (primary N) is 1. The molecule has 2 aliphatic heterocycles. The zero-order chi connectivity index (χ0) is 25.2. The maximum Gasteiger partial charge on any atom is 0.269 e. The Balaban J connectivity index is 1.40. The van der Waals surface area contributed by atoms with Crippen LogP contribution < -0.4 is 15.8 Å². The fraction of sp³-hybridized carbons (Fsp3) is 0.269. The highest BCUT2D eigenvalue weighted by atomic mass is 19.1. The van der Waals surface area contributed by atoms with Crippen molar-refractivity contribution >= 4 is 17.5 Å². The smallest absolute Gasteiger partial charge is 0.269 e. The van der Waals surface area contributed by atoms with Gasteiger partial charge in [-0.15, -0.1) is 0 Å². The van der Waals surface area contributed by atoms with Crippen LogP contribution in [0.4, 0.5) is 10.1 Å². The summed E-state index contributed by atoms with van der Waals surface area (Å²) >= 11 is 0. The number of carbonyl (C=O) groups is 2. The van der Waals surface area contributed by atoms with Crippen molar-refractivity contribution in [3.8, 4) is 17.2 Å². The molecule has 1 aromatic heterocycles. The number of nitrogens with zero attached hydrogens (tertiary/aromatic N) is 4. The van der Waals surface area contributed by atoms with Crippen LogP contribution in [0.2, 0.25) is 0 Å². The number of aromatic nitrogens is 2. The van der Waals surface area contributed by atoms with Crippen LogP contribution in [0.3, 0.4) is 0 Å². The third-order valence-electron chi connectivity index (χ3n) is 6.55. The van der Waals surface area contributed by atoms with Gasteiger partial charge < -0.3 is 20.7 Å². The Bertz CT molecular complexity index is 1280. The SMILES string of the molecule is C=CC(=O)N1CCN(C2CCNc3c2nn(-c2ccc(Oc4ccc(F)cc4)cc2)c3C(N)=O)CC1. The number of carbonyl (C=O) groups excluding carboxylic acids is 2. The Hall–Kier alpha value is -4.18. The van der Waals surface area contributed by atoms with Gasteiger partial charge in [-0.25, -0.2) is 9.07 Å². The number of hydrogen-bond donors (Lipinski definition) is 2. The minimum atomic E-state index is -0.579. The van der Waals surface area contributed by atoms with Crippen molar-refractivity contribution in [1.29, 1.82) is 0 Å². The zero-order valence-electron chi connectivity index (χ0n) is 19.7. The van der Waals surface area contributed by atoms with Crippen molar-refractivity contribution in [2.45, 2.75) is 12.5 Å². The van der Waals surface area contributed by atoms with Crippen LogP contribution >= 0.6 is 0 Å². The maximum atomic E-state index is 13.1. The van der Waals surface area contributed by atoms with Crippen molar-refractivity contribution in [1.82, 2.24) is 19.6 Å². The van der Waals surface area contributed by atoms with Crippen LogP contribution in [0.1, 0.15) is 28.6 Å². The van der Waals surface area contributed by atoms with Crippen LogP contribution in [-0.4, -0.2) is 64.1 Å². The van der Waals surface area contributed by atoms with Gasteiger partial charge in [0.15, 0.2) is 5.69 Å². The molecule has 3 N–H and O–H groups in total.